The van der Waals surface area contributed by atoms with E-state index in [9.17, 15) is 18.0 Å². The number of ether oxygens (including phenoxy) is 1. The van der Waals surface area contributed by atoms with Crippen LogP contribution in [0.3, 0.4) is 0 Å². The highest BCUT2D eigenvalue weighted by atomic mass is 19.4. The normalized spacial score (nSPS) is 14.6. The summed E-state index contributed by atoms with van der Waals surface area (Å²) in [6.07, 6.45) is -3.54. The van der Waals surface area contributed by atoms with Gasteiger partial charge in [0.25, 0.3) is 0 Å². The summed E-state index contributed by atoms with van der Waals surface area (Å²) in [7, 11) is 0. The zero-order valence-electron chi connectivity index (χ0n) is 19.6. The fourth-order valence-corrected chi connectivity index (χ4v) is 4.24. The Labute approximate surface area is 202 Å². The van der Waals surface area contributed by atoms with Crippen molar-refractivity contribution < 1.29 is 22.7 Å². The molecule has 0 radical (unpaired) electrons. The molecule has 2 heterocycles. The third-order valence-electron chi connectivity index (χ3n) is 6.09. The topological polar surface area (TPSA) is 58.5 Å². The summed E-state index contributed by atoms with van der Waals surface area (Å²) in [6, 6.07) is 15.8. The highest BCUT2D eigenvalue weighted by Gasteiger charge is 2.30. The van der Waals surface area contributed by atoms with E-state index in [4.69, 9.17) is 4.74 Å². The Kier molecular flexibility index (Phi) is 7.77. The Morgan fingerprint density at radius 1 is 0.971 bits per heavy atom. The van der Waals surface area contributed by atoms with Crippen molar-refractivity contribution in [3.05, 3.63) is 71.9 Å². The lowest BCUT2D eigenvalue weighted by Crippen LogP contribution is -2.37. The van der Waals surface area contributed by atoms with Crippen molar-refractivity contribution in [1.29, 1.82) is 0 Å². The van der Waals surface area contributed by atoms with Crippen LogP contribution in [0.4, 0.5) is 29.3 Å². The molecular weight excluding hydrogens is 457 g/mol. The number of carbonyl (C=O) groups excluding carboxylic acids is 1. The van der Waals surface area contributed by atoms with Gasteiger partial charge in [0.2, 0.25) is 0 Å². The SMILES string of the molecule is Cc1c(NC(=O)Nc2cccc(C(F)(F)F)c2)cc(-c2ccccc2)n1CCCN1CCOCC1. The van der Waals surface area contributed by atoms with Gasteiger partial charge in [-0.3, -0.25) is 4.90 Å². The highest BCUT2D eigenvalue weighted by molar-refractivity contribution is 6.00. The number of nitrogens with one attached hydrogen (secondary N) is 2. The van der Waals surface area contributed by atoms with Crippen molar-refractivity contribution in [2.75, 3.05) is 43.5 Å². The summed E-state index contributed by atoms with van der Waals surface area (Å²) in [5, 5.41) is 5.32. The minimum atomic E-state index is -4.48. The Balaban J connectivity index is 1.49. The number of amides is 2. The van der Waals surface area contributed by atoms with E-state index in [0.717, 1.165) is 74.9 Å². The first-order chi connectivity index (χ1) is 16.8. The molecule has 1 aliphatic heterocycles. The van der Waals surface area contributed by atoms with Crippen LogP contribution in [0, 0.1) is 6.92 Å². The van der Waals surface area contributed by atoms with Crippen molar-refractivity contribution >= 4 is 17.4 Å². The number of benzene rings is 2. The first-order valence-electron chi connectivity index (χ1n) is 11.6. The number of anilines is 2. The highest BCUT2D eigenvalue weighted by Crippen LogP contribution is 2.32. The first-order valence-corrected chi connectivity index (χ1v) is 11.6. The van der Waals surface area contributed by atoms with Crippen LogP contribution in [0.2, 0.25) is 0 Å². The van der Waals surface area contributed by atoms with Crippen molar-refractivity contribution in [1.82, 2.24) is 9.47 Å². The van der Waals surface area contributed by atoms with Gasteiger partial charge in [0.1, 0.15) is 0 Å². The zero-order chi connectivity index (χ0) is 24.8. The quantitative estimate of drug-likeness (QED) is 0.441. The van der Waals surface area contributed by atoms with Crippen LogP contribution in [-0.4, -0.2) is 48.3 Å². The number of morpholine rings is 1. The second-order valence-corrected chi connectivity index (χ2v) is 8.51. The maximum Gasteiger partial charge on any atom is 0.416 e. The molecule has 0 saturated carbocycles. The summed E-state index contributed by atoms with van der Waals surface area (Å²) >= 11 is 0. The molecule has 0 spiro atoms. The van der Waals surface area contributed by atoms with Crippen molar-refractivity contribution in [2.45, 2.75) is 26.1 Å². The van der Waals surface area contributed by atoms with E-state index in [-0.39, 0.29) is 5.69 Å². The lowest BCUT2D eigenvalue weighted by Gasteiger charge is -2.26. The Morgan fingerprint density at radius 3 is 2.43 bits per heavy atom. The number of alkyl halides is 3. The largest absolute Gasteiger partial charge is 0.416 e. The average molecular weight is 487 g/mol. The molecule has 186 valence electrons. The predicted molar refractivity (Wildman–Crippen MR) is 131 cm³/mol. The molecule has 0 aliphatic carbocycles. The van der Waals surface area contributed by atoms with E-state index in [0.29, 0.717) is 5.69 Å². The number of urea groups is 1. The van der Waals surface area contributed by atoms with Crippen LogP contribution in [0.15, 0.2) is 60.7 Å². The standard InChI is InChI=1S/C26H29F3N4O2/c1-19-23(31-25(34)30-22-10-5-9-21(17-22)26(27,28)29)18-24(20-7-3-2-4-8-20)33(19)12-6-11-32-13-15-35-16-14-32/h2-5,7-10,17-18H,6,11-16H2,1H3,(H2,30,31,34). The van der Waals surface area contributed by atoms with Crippen molar-refractivity contribution in [2.24, 2.45) is 0 Å². The fraction of sp³-hybridized carbons (Fsp3) is 0.346. The number of nitrogens with zero attached hydrogens (tertiary/aromatic N) is 2. The molecule has 6 nitrogen and oxygen atoms in total. The summed E-state index contributed by atoms with van der Waals surface area (Å²) < 4.78 is 46.6. The molecule has 35 heavy (non-hydrogen) atoms. The number of rotatable bonds is 7. The van der Waals surface area contributed by atoms with Gasteiger partial charge < -0.3 is 19.9 Å². The van der Waals surface area contributed by atoms with Crippen LogP contribution in [0.25, 0.3) is 11.3 Å². The number of hydrogen-bond acceptors (Lipinski definition) is 3. The molecule has 1 saturated heterocycles. The number of hydrogen-bond donors (Lipinski definition) is 2. The molecule has 0 atom stereocenters. The van der Waals surface area contributed by atoms with Crippen LogP contribution < -0.4 is 10.6 Å². The molecule has 1 aromatic heterocycles. The third-order valence-corrected chi connectivity index (χ3v) is 6.09. The molecule has 2 amide bonds. The fourth-order valence-electron chi connectivity index (χ4n) is 4.24. The summed E-state index contributed by atoms with van der Waals surface area (Å²) in [6.45, 7) is 7.02. The van der Waals surface area contributed by atoms with Crippen LogP contribution in [0.5, 0.6) is 0 Å². The zero-order valence-corrected chi connectivity index (χ0v) is 19.6. The average Bonchev–Trinajstić information content (AvgIpc) is 3.15. The lowest BCUT2D eigenvalue weighted by atomic mass is 10.1. The van der Waals surface area contributed by atoms with E-state index >= 15 is 0 Å². The minimum Gasteiger partial charge on any atom is -0.379 e. The van der Waals surface area contributed by atoms with Gasteiger partial charge in [0.15, 0.2) is 0 Å². The summed E-state index contributed by atoms with van der Waals surface area (Å²) in [5.41, 5.74) is 2.74. The summed E-state index contributed by atoms with van der Waals surface area (Å²) in [4.78, 5) is 15.0. The Hall–Kier alpha value is -3.30. The minimum absolute atomic E-state index is 0.0724. The van der Waals surface area contributed by atoms with E-state index in [1.54, 1.807) is 0 Å². The molecule has 9 heteroatoms. The molecule has 2 aromatic carbocycles. The number of aromatic nitrogens is 1. The van der Waals surface area contributed by atoms with Gasteiger partial charge in [-0.05, 0) is 43.2 Å². The Bertz CT molecular complexity index is 1140. The monoisotopic (exact) mass is 486 g/mol. The third kappa shape index (κ3) is 6.43. The van der Waals surface area contributed by atoms with Gasteiger partial charge in [-0.2, -0.15) is 13.2 Å². The molecular formula is C26H29F3N4O2. The molecule has 3 aromatic rings. The van der Waals surface area contributed by atoms with E-state index in [1.807, 2.05) is 43.3 Å². The van der Waals surface area contributed by atoms with Crippen molar-refractivity contribution in [3.63, 3.8) is 0 Å². The molecule has 1 fully saturated rings. The molecule has 0 unspecified atom stereocenters. The Morgan fingerprint density at radius 2 is 1.71 bits per heavy atom. The number of carbonyl (C=O) groups is 1. The predicted octanol–water partition coefficient (Wildman–Crippen LogP) is 5.85. The van der Waals surface area contributed by atoms with E-state index in [1.165, 1.54) is 12.1 Å². The second kappa shape index (κ2) is 11.0. The van der Waals surface area contributed by atoms with Gasteiger partial charge in [-0.25, -0.2) is 4.79 Å². The first kappa shape index (κ1) is 24.8. The maximum atomic E-state index is 13.0. The molecule has 4 rings (SSSR count). The van der Waals surface area contributed by atoms with Crippen molar-refractivity contribution in [3.8, 4) is 11.3 Å². The van der Waals surface area contributed by atoms with Gasteiger partial charge in [-0.1, -0.05) is 36.4 Å². The van der Waals surface area contributed by atoms with Gasteiger partial charge >= 0.3 is 12.2 Å². The van der Waals surface area contributed by atoms with Gasteiger partial charge in [-0.15, -0.1) is 0 Å². The number of halogens is 3. The van der Waals surface area contributed by atoms with Gasteiger partial charge in [0, 0.05) is 37.6 Å². The smallest absolute Gasteiger partial charge is 0.379 e. The lowest BCUT2D eigenvalue weighted by molar-refractivity contribution is -0.137. The molecule has 1 aliphatic rings. The summed E-state index contributed by atoms with van der Waals surface area (Å²) in [5.74, 6) is 0. The van der Waals surface area contributed by atoms with Crippen LogP contribution >= 0.6 is 0 Å². The van der Waals surface area contributed by atoms with E-state index < -0.39 is 17.8 Å². The van der Waals surface area contributed by atoms with E-state index in [2.05, 4.69) is 20.1 Å². The van der Waals surface area contributed by atoms with Crippen LogP contribution in [-0.2, 0) is 17.5 Å². The molecule has 0 bridgehead atoms. The van der Waals surface area contributed by atoms with Crippen LogP contribution in [0.1, 0.15) is 17.7 Å². The molecule has 2 N–H and O–H groups in total. The second-order valence-electron chi connectivity index (χ2n) is 8.51. The maximum absolute atomic E-state index is 13.0. The van der Waals surface area contributed by atoms with Gasteiger partial charge in [0.05, 0.1) is 30.2 Å².